The lowest BCUT2D eigenvalue weighted by atomic mass is 9.74. The fourth-order valence-electron chi connectivity index (χ4n) is 2.47. The highest BCUT2D eigenvalue weighted by molar-refractivity contribution is 6.42. The van der Waals surface area contributed by atoms with E-state index in [4.69, 9.17) is 33.4 Å². The van der Waals surface area contributed by atoms with Gasteiger partial charge >= 0.3 is 11.9 Å². The minimum absolute atomic E-state index is 0.0519. The number of carboxylic acid groups (broad SMARTS) is 2. The number of carbonyl (C=O) groups is 2. The summed E-state index contributed by atoms with van der Waals surface area (Å²) in [6.45, 7) is 0. The highest BCUT2D eigenvalue weighted by atomic mass is 35.5. The Morgan fingerprint density at radius 2 is 1.57 bits per heavy atom. The molecule has 0 saturated heterocycles. The van der Waals surface area contributed by atoms with E-state index in [9.17, 15) is 14.9 Å². The Morgan fingerprint density at radius 1 is 1.04 bits per heavy atom. The van der Waals surface area contributed by atoms with Gasteiger partial charge in [-0.3, -0.25) is 9.59 Å². The molecule has 0 atom stereocenters. The number of rotatable bonds is 9. The molecule has 0 aliphatic carbocycles. The first-order chi connectivity index (χ1) is 10.8. The third-order valence-corrected chi connectivity index (χ3v) is 4.41. The molecule has 2 N–H and O–H groups in total. The fourth-order valence-corrected chi connectivity index (χ4v) is 2.76. The van der Waals surface area contributed by atoms with Gasteiger partial charge in [0.2, 0.25) is 0 Å². The zero-order valence-electron chi connectivity index (χ0n) is 12.4. The minimum atomic E-state index is -0.973. The Balaban J connectivity index is 3.05. The molecule has 23 heavy (non-hydrogen) atoms. The number of aliphatic carboxylic acids is 2. The summed E-state index contributed by atoms with van der Waals surface area (Å²) in [6.07, 6.45) is 1.15. The molecule has 0 saturated carbocycles. The maximum Gasteiger partial charge on any atom is 0.303 e. The summed E-state index contributed by atoms with van der Waals surface area (Å²) in [5, 5.41) is 27.9. The van der Waals surface area contributed by atoms with Gasteiger partial charge < -0.3 is 10.2 Å². The third kappa shape index (κ3) is 5.74. The van der Waals surface area contributed by atoms with Gasteiger partial charge in [-0.25, -0.2) is 0 Å². The van der Waals surface area contributed by atoms with Crippen LogP contribution in [0.3, 0.4) is 0 Å². The molecular formula is C16H17Cl2NO4. The number of hydrogen-bond donors (Lipinski definition) is 2. The van der Waals surface area contributed by atoms with E-state index >= 15 is 0 Å². The first-order valence-electron chi connectivity index (χ1n) is 7.11. The lowest BCUT2D eigenvalue weighted by Gasteiger charge is -2.27. The van der Waals surface area contributed by atoms with Gasteiger partial charge in [-0.1, -0.05) is 29.3 Å². The summed E-state index contributed by atoms with van der Waals surface area (Å²) in [5.74, 6) is -1.87. The summed E-state index contributed by atoms with van der Waals surface area (Å²) >= 11 is 11.9. The molecule has 0 aliphatic rings. The van der Waals surface area contributed by atoms with Gasteiger partial charge in [-0.05, 0) is 43.4 Å². The number of carboxylic acids is 2. The van der Waals surface area contributed by atoms with Crippen molar-refractivity contribution in [3.05, 3.63) is 33.8 Å². The van der Waals surface area contributed by atoms with Crippen LogP contribution in [0.4, 0.5) is 0 Å². The van der Waals surface area contributed by atoms with E-state index < -0.39 is 17.4 Å². The third-order valence-electron chi connectivity index (χ3n) is 3.67. The van der Waals surface area contributed by atoms with Crippen molar-refractivity contribution >= 4 is 35.1 Å². The van der Waals surface area contributed by atoms with Crippen molar-refractivity contribution in [2.75, 3.05) is 0 Å². The Bertz CT molecular complexity index is 605. The minimum Gasteiger partial charge on any atom is -0.481 e. The molecule has 0 fully saturated rings. The Hall–Kier alpha value is -1.77. The molecule has 5 nitrogen and oxygen atoms in total. The number of nitriles is 1. The van der Waals surface area contributed by atoms with Gasteiger partial charge in [-0.15, -0.1) is 0 Å². The summed E-state index contributed by atoms with van der Waals surface area (Å²) in [7, 11) is 0. The highest BCUT2D eigenvalue weighted by Gasteiger charge is 2.32. The van der Waals surface area contributed by atoms with Crippen LogP contribution in [0.5, 0.6) is 0 Å². The van der Waals surface area contributed by atoms with E-state index in [1.807, 2.05) is 0 Å². The Morgan fingerprint density at radius 3 is 1.96 bits per heavy atom. The molecule has 0 bridgehead atoms. The molecule has 0 amide bonds. The highest BCUT2D eigenvalue weighted by Crippen LogP contribution is 2.37. The van der Waals surface area contributed by atoms with Crippen molar-refractivity contribution < 1.29 is 19.8 Å². The molecule has 0 radical (unpaired) electrons. The predicted molar refractivity (Wildman–Crippen MR) is 86.7 cm³/mol. The van der Waals surface area contributed by atoms with Gasteiger partial charge in [0, 0.05) is 12.8 Å². The maximum atomic E-state index is 10.7. The molecule has 124 valence electrons. The van der Waals surface area contributed by atoms with Crippen LogP contribution in [0.2, 0.25) is 10.0 Å². The van der Waals surface area contributed by atoms with Crippen LogP contribution in [0.1, 0.15) is 44.1 Å². The molecule has 0 spiro atoms. The van der Waals surface area contributed by atoms with E-state index in [1.165, 1.54) is 0 Å². The van der Waals surface area contributed by atoms with Crippen molar-refractivity contribution in [2.24, 2.45) is 0 Å². The Labute approximate surface area is 144 Å². The van der Waals surface area contributed by atoms with Gasteiger partial charge in [0.05, 0.1) is 21.5 Å². The van der Waals surface area contributed by atoms with Crippen LogP contribution in [0.15, 0.2) is 18.2 Å². The second-order valence-corrected chi connectivity index (χ2v) is 6.13. The molecular weight excluding hydrogens is 341 g/mol. The second-order valence-electron chi connectivity index (χ2n) is 5.32. The van der Waals surface area contributed by atoms with Crippen molar-refractivity contribution in [1.29, 1.82) is 5.26 Å². The molecule has 0 heterocycles. The van der Waals surface area contributed by atoms with Crippen molar-refractivity contribution in [1.82, 2.24) is 0 Å². The van der Waals surface area contributed by atoms with E-state index in [1.54, 1.807) is 18.2 Å². The molecule has 1 aromatic carbocycles. The van der Waals surface area contributed by atoms with Crippen molar-refractivity contribution in [3.8, 4) is 6.07 Å². The van der Waals surface area contributed by atoms with E-state index in [-0.39, 0.29) is 12.8 Å². The quantitative estimate of drug-likeness (QED) is 0.687. The van der Waals surface area contributed by atoms with Gasteiger partial charge in [0.25, 0.3) is 0 Å². The second kappa shape index (κ2) is 8.76. The molecule has 1 aromatic rings. The van der Waals surface area contributed by atoms with Crippen molar-refractivity contribution in [3.63, 3.8) is 0 Å². The van der Waals surface area contributed by atoms with Gasteiger partial charge in [0.15, 0.2) is 0 Å². The van der Waals surface area contributed by atoms with E-state index in [2.05, 4.69) is 6.07 Å². The maximum absolute atomic E-state index is 10.7. The summed E-state index contributed by atoms with van der Waals surface area (Å²) in [6, 6.07) is 7.09. The van der Waals surface area contributed by atoms with Crippen molar-refractivity contribution in [2.45, 2.75) is 43.9 Å². The molecule has 0 aromatic heterocycles. The topological polar surface area (TPSA) is 98.4 Å². The summed E-state index contributed by atoms with van der Waals surface area (Å²) in [5.41, 5.74) is -0.343. The SMILES string of the molecule is N#CC(CCCC(=O)O)(CCCC(=O)O)c1ccc(Cl)c(Cl)c1. The predicted octanol–water partition coefficient (Wildman–Crippen LogP) is 4.26. The van der Waals surface area contributed by atoms with Gasteiger partial charge in [0.1, 0.15) is 0 Å². The smallest absolute Gasteiger partial charge is 0.303 e. The van der Waals surface area contributed by atoms with Gasteiger partial charge in [-0.2, -0.15) is 5.26 Å². The molecule has 0 unspecified atom stereocenters. The van der Waals surface area contributed by atoms with Crippen LogP contribution in [-0.4, -0.2) is 22.2 Å². The normalized spacial score (nSPS) is 11.0. The number of benzene rings is 1. The Kier molecular flexibility index (Phi) is 7.34. The average Bonchev–Trinajstić information content (AvgIpc) is 2.48. The number of nitrogens with zero attached hydrogens (tertiary/aromatic N) is 1. The van der Waals surface area contributed by atoms with Crippen LogP contribution in [0.25, 0.3) is 0 Å². The van der Waals surface area contributed by atoms with Crippen LogP contribution in [-0.2, 0) is 15.0 Å². The lowest BCUT2D eigenvalue weighted by Crippen LogP contribution is -2.25. The largest absolute Gasteiger partial charge is 0.481 e. The van der Waals surface area contributed by atoms with Crippen LogP contribution >= 0.6 is 23.2 Å². The van der Waals surface area contributed by atoms with E-state index in [0.717, 1.165) is 0 Å². The average molecular weight is 358 g/mol. The zero-order chi connectivity index (χ0) is 17.5. The summed E-state index contributed by atoms with van der Waals surface area (Å²) < 4.78 is 0. The standard InChI is InChI=1S/C16H17Cl2NO4/c17-12-6-5-11(9-13(12)18)16(10-19,7-1-3-14(20)21)8-2-4-15(22)23/h5-6,9H,1-4,7-8H2,(H,20,21)(H,22,23). The molecule has 0 aliphatic heterocycles. The van der Waals surface area contributed by atoms with E-state index in [0.29, 0.717) is 41.3 Å². The first kappa shape index (κ1) is 19.3. The monoisotopic (exact) mass is 357 g/mol. The zero-order valence-corrected chi connectivity index (χ0v) is 13.9. The molecule has 7 heteroatoms. The molecule has 1 rings (SSSR count). The van der Waals surface area contributed by atoms with Crippen LogP contribution in [0, 0.1) is 11.3 Å². The summed E-state index contributed by atoms with van der Waals surface area (Å²) in [4.78, 5) is 21.4. The first-order valence-corrected chi connectivity index (χ1v) is 7.87. The lowest BCUT2D eigenvalue weighted by molar-refractivity contribution is -0.138. The fraction of sp³-hybridized carbons (Fsp3) is 0.438. The van der Waals surface area contributed by atoms with Crippen LogP contribution < -0.4 is 0 Å². The number of halogens is 2. The number of hydrogen-bond acceptors (Lipinski definition) is 3.